The first-order valence-electron chi connectivity index (χ1n) is 6.05. The van der Waals surface area contributed by atoms with Crippen LogP contribution in [-0.4, -0.2) is 9.78 Å². The van der Waals surface area contributed by atoms with E-state index in [-0.39, 0.29) is 12.4 Å². The van der Waals surface area contributed by atoms with Crippen LogP contribution in [-0.2, 0) is 13.6 Å². The van der Waals surface area contributed by atoms with Gasteiger partial charge in [0.1, 0.15) is 5.82 Å². The van der Waals surface area contributed by atoms with Crippen LogP contribution in [0.5, 0.6) is 0 Å². The number of aromatic nitrogens is 2. The summed E-state index contributed by atoms with van der Waals surface area (Å²) in [6, 6.07) is 5.05. The van der Waals surface area contributed by atoms with Gasteiger partial charge >= 0.3 is 0 Å². The van der Waals surface area contributed by atoms with Crippen molar-refractivity contribution in [3.8, 4) is 11.1 Å². The number of nitrogens with two attached hydrogens (primary N) is 1. The minimum atomic E-state index is -0.253. The topological polar surface area (TPSA) is 43.8 Å². The lowest BCUT2D eigenvalue weighted by molar-refractivity contribution is 0.611. The number of rotatable bonds is 3. The van der Waals surface area contributed by atoms with Crippen molar-refractivity contribution in [1.82, 2.24) is 9.78 Å². The summed E-state index contributed by atoms with van der Waals surface area (Å²) in [4.78, 5) is 0. The quantitative estimate of drug-likeness (QED) is 0.906. The van der Waals surface area contributed by atoms with Crippen LogP contribution in [0.15, 0.2) is 24.4 Å². The molecular weight excluding hydrogens is 229 g/mol. The van der Waals surface area contributed by atoms with Crippen LogP contribution in [0, 0.1) is 5.82 Å². The Morgan fingerprint density at radius 3 is 2.72 bits per heavy atom. The van der Waals surface area contributed by atoms with E-state index in [0.717, 1.165) is 16.8 Å². The van der Waals surface area contributed by atoms with Crippen molar-refractivity contribution >= 4 is 0 Å². The van der Waals surface area contributed by atoms with Crippen LogP contribution in [0.3, 0.4) is 0 Å². The summed E-state index contributed by atoms with van der Waals surface area (Å²) in [5.74, 6) is 0.0730. The molecule has 0 amide bonds. The van der Waals surface area contributed by atoms with E-state index in [4.69, 9.17) is 5.73 Å². The monoisotopic (exact) mass is 247 g/mol. The maximum absolute atomic E-state index is 13.4. The summed E-state index contributed by atoms with van der Waals surface area (Å²) in [5, 5.41) is 4.46. The van der Waals surface area contributed by atoms with Gasteiger partial charge in [-0.05, 0) is 23.6 Å². The Hall–Kier alpha value is -1.68. The molecule has 1 aromatic carbocycles. The number of hydrogen-bond acceptors (Lipinski definition) is 2. The molecule has 2 rings (SSSR count). The van der Waals surface area contributed by atoms with Gasteiger partial charge in [-0.2, -0.15) is 5.10 Å². The van der Waals surface area contributed by atoms with Crippen LogP contribution in [0.2, 0.25) is 0 Å². The molecule has 0 spiro atoms. The zero-order chi connectivity index (χ0) is 13.3. The Labute approximate surface area is 106 Å². The molecule has 0 saturated carbocycles. The second kappa shape index (κ2) is 4.90. The van der Waals surface area contributed by atoms with E-state index in [9.17, 15) is 4.39 Å². The molecule has 1 heterocycles. The van der Waals surface area contributed by atoms with Gasteiger partial charge in [-0.1, -0.05) is 19.9 Å². The zero-order valence-corrected chi connectivity index (χ0v) is 10.9. The van der Waals surface area contributed by atoms with E-state index < -0.39 is 0 Å². The fourth-order valence-electron chi connectivity index (χ4n) is 2.05. The summed E-state index contributed by atoms with van der Waals surface area (Å²) in [6.45, 7) is 4.40. The number of aryl methyl sites for hydroxylation is 1. The Bertz CT molecular complexity index is 558. The molecule has 0 atom stereocenters. The van der Waals surface area contributed by atoms with E-state index in [1.807, 2.05) is 13.2 Å². The zero-order valence-electron chi connectivity index (χ0n) is 10.9. The normalized spacial score (nSPS) is 11.2. The standard InChI is InChI=1S/C14H18FN3/c1-9(2)14-12(8-18(3)17-14)10-4-5-13(15)11(6-10)7-16/h4-6,8-9H,7,16H2,1-3H3. The maximum atomic E-state index is 13.4. The fourth-order valence-corrected chi connectivity index (χ4v) is 2.05. The second-order valence-corrected chi connectivity index (χ2v) is 4.77. The summed E-state index contributed by atoms with van der Waals surface area (Å²) < 4.78 is 15.2. The molecule has 2 aromatic rings. The third-order valence-electron chi connectivity index (χ3n) is 2.98. The van der Waals surface area contributed by atoms with Gasteiger partial charge in [0, 0.05) is 30.9 Å². The van der Waals surface area contributed by atoms with Crippen LogP contribution in [0.25, 0.3) is 11.1 Å². The van der Waals surface area contributed by atoms with Crippen LogP contribution < -0.4 is 5.73 Å². The Morgan fingerprint density at radius 1 is 1.39 bits per heavy atom. The SMILES string of the molecule is CC(C)c1nn(C)cc1-c1ccc(F)c(CN)c1. The van der Waals surface area contributed by atoms with Crippen molar-refractivity contribution in [2.45, 2.75) is 26.3 Å². The predicted octanol–water partition coefficient (Wildman–Crippen LogP) is 2.81. The Morgan fingerprint density at radius 2 is 2.11 bits per heavy atom. The van der Waals surface area contributed by atoms with Gasteiger partial charge < -0.3 is 5.73 Å². The average Bonchev–Trinajstić information content (AvgIpc) is 2.72. The molecule has 0 fully saturated rings. The lowest BCUT2D eigenvalue weighted by Gasteiger charge is -2.07. The van der Waals surface area contributed by atoms with Gasteiger partial charge in [-0.25, -0.2) is 4.39 Å². The molecule has 0 radical (unpaired) electrons. The lowest BCUT2D eigenvalue weighted by Crippen LogP contribution is -2.00. The van der Waals surface area contributed by atoms with Crippen molar-refractivity contribution in [2.24, 2.45) is 12.8 Å². The first-order chi connectivity index (χ1) is 8.52. The van der Waals surface area contributed by atoms with Gasteiger partial charge in [0.2, 0.25) is 0 Å². The number of hydrogen-bond donors (Lipinski definition) is 1. The third-order valence-corrected chi connectivity index (χ3v) is 2.98. The molecule has 0 saturated heterocycles. The van der Waals surface area contributed by atoms with E-state index in [1.54, 1.807) is 16.8 Å². The number of nitrogens with zero attached hydrogens (tertiary/aromatic N) is 2. The van der Waals surface area contributed by atoms with Gasteiger partial charge in [0.15, 0.2) is 0 Å². The highest BCUT2D eigenvalue weighted by Gasteiger charge is 2.14. The first-order valence-corrected chi connectivity index (χ1v) is 6.05. The van der Waals surface area contributed by atoms with E-state index in [2.05, 4.69) is 18.9 Å². The van der Waals surface area contributed by atoms with Crippen LogP contribution >= 0.6 is 0 Å². The molecular formula is C14H18FN3. The molecule has 18 heavy (non-hydrogen) atoms. The summed E-state index contributed by atoms with van der Waals surface area (Å²) in [7, 11) is 1.89. The predicted molar refractivity (Wildman–Crippen MR) is 70.6 cm³/mol. The van der Waals surface area contributed by atoms with Crippen molar-refractivity contribution < 1.29 is 4.39 Å². The number of halogens is 1. The van der Waals surface area contributed by atoms with Crippen molar-refractivity contribution in [2.75, 3.05) is 0 Å². The molecule has 0 bridgehead atoms. The van der Waals surface area contributed by atoms with Gasteiger partial charge in [0.05, 0.1) is 5.69 Å². The molecule has 0 aliphatic heterocycles. The van der Waals surface area contributed by atoms with E-state index in [0.29, 0.717) is 11.5 Å². The molecule has 1 aromatic heterocycles. The molecule has 3 nitrogen and oxygen atoms in total. The summed E-state index contributed by atoms with van der Waals surface area (Å²) in [6.07, 6.45) is 1.96. The van der Waals surface area contributed by atoms with Gasteiger partial charge in [-0.3, -0.25) is 4.68 Å². The summed E-state index contributed by atoms with van der Waals surface area (Å²) in [5.41, 5.74) is 9.10. The Balaban J connectivity index is 2.54. The maximum Gasteiger partial charge on any atom is 0.127 e. The highest BCUT2D eigenvalue weighted by Crippen LogP contribution is 2.29. The van der Waals surface area contributed by atoms with E-state index >= 15 is 0 Å². The molecule has 2 N–H and O–H groups in total. The fraction of sp³-hybridized carbons (Fsp3) is 0.357. The largest absolute Gasteiger partial charge is 0.326 e. The molecule has 96 valence electrons. The lowest BCUT2D eigenvalue weighted by atomic mass is 9.98. The second-order valence-electron chi connectivity index (χ2n) is 4.77. The Kier molecular flexibility index (Phi) is 3.48. The molecule has 4 heteroatoms. The minimum Gasteiger partial charge on any atom is -0.326 e. The average molecular weight is 247 g/mol. The van der Waals surface area contributed by atoms with Crippen LogP contribution in [0.4, 0.5) is 4.39 Å². The van der Waals surface area contributed by atoms with Gasteiger partial charge in [0.25, 0.3) is 0 Å². The van der Waals surface area contributed by atoms with Crippen molar-refractivity contribution in [3.05, 3.63) is 41.5 Å². The minimum absolute atomic E-state index is 0.205. The number of benzene rings is 1. The molecule has 0 aliphatic rings. The van der Waals surface area contributed by atoms with Crippen molar-refractivity contribution in [1.29, 1.82) is 0 Å². The third kappa shape index (κ3) is 2.29. The highest BCUT2D eigenvalue weighted by molar-refractivity contribution is 5.66. The molecule has 0 unspecified atom stereocenters. The summed E-state index contributed by atoms with van der Waals surface area (Å²) >= 11 is 0. The molecule has 0 aliphatic carbocycles. The first kappa shape index (κ1) is 12.8. The van der Waals surface area contributed by atoms with E-state index in [1.165, 1.54) is 6.07 Å². The van der Waals surface area contributed by atoms with Crippen molar-refractivity contribution in [3.63, 3.8) is 0 Å². The van der Waals surface area contributed by atoms with Gasteiger partial charge in [-0.15, -0.1) is 0 Å². The van der Waals surface area contributed by atoms with Crippen LogP contribution in [0.1, 0.15) is 31.0 Å². The smallest absolute Gasteiger partial charge is 0.127 e. The highest BCUT2D eigenvalue weighted by atomic mass is 19.1.